The summed E-state index contributed by atoms with van der Waals surface area (Å²) in [7, 11) is 0. The predicted octanol–water partition coefficient (Wildman–Crippen LogP) is 3.13. The van der Waals surface area contributed by atoms with Gasteiger partial charge in [0.25, 0.3) is 0 Å². The number of aryl methyl sites for hydroxylation is 1. The van der Waals surface area contributed by atoms with Crippen LogP contribution in [0, 0.1) is 0 Å². The molecule has 1 N–H and O–H groups in total. The highest BCUT2D eigenvalue weighted by atomic mass is 32.2. The van der Waals surface area contributed by atoms with Crippen LogP contribution in [0.25, 0.3) is 0 Å². The fourth-order valence-corrected chi connectivity index (χ4v) is 3.31. The first-order valence-corrected chi connectivity index (χ1v) is 7.59. The van der Waals surface area contributed by atoms with Crippen LogP contribution in [-0.4, -0.2) is 27.5 Å². The van der Waals surface area contributed by atoms with E-state index in [1.807, 2.05) is 0 Å². The first kappa shape index (κ1) is 12.7. The molecule has 0 amide bonds. The van der Waals surface area contributed by atoms with Crippen molar-refractivity contribution in [3.8, 4) is 0 Å². The number of anilines is 1. The number of nitrogens with zero attached hydrogens (tertiary/aromatic N) is 2. The number of aromatic nitrogens is 2. The van der Waals surface area contributed by atoms with Gasteiger partial charge in [0.2, 0.25) is 0 Å². The Kier molecular flexibility index (Phi) is 5.10. The number of hydrogen-bond donors (Lipinski definition) is 1. The Labute approximate surface area is 108 Å². The number of nitrogens with one attached hydrogen (secondary N) is 1. The van der Waals surface area contributed by atoms with Crippen LogP contribution in [0.3, 0.4) is 0 Å². The van der Waals surface area contributed by atoms with Crippen molar-refractivity contribution in [2.75, 3.05) is 17.6 Å². The Morgan fingerprint density at radius 3 is 3.12 bits per heavy atom. The van der Waals surface area contributed by atoms with Gasteiger partial charge in [-0.1, -0.05) is 19.8 Å². The van der Waals surface area contributed by atoms with Crippen molar-refractivity contribution in [1.29, 1.82) is 0 Å². The summed E-state index contributed by atoms with van der Waals surface area (Å²) in [5.74, 6) is 2.30. The molecule has 4 heteroatoms. The molecule has 1 atom stereocenters. The minimum atomic E-state index is 0.758. The predicted molar refractivity (Wildman–Crippen MR) is 74.6 cm³/mol. The molecule has 1 fully saturated rings. The van der Waals surface area contributed by atoms with E-state index in [1.54, 1.807) is 6.33 Å². The molecule has 1 unspecified atom stereocenters. The van der Waals surface area contributed by atoms with E-state index in [0.29, 0.717) is 0 Å². The SMILES string of the molecule is CCCc1cc(NCC2CCCCS2)ncn1. The molecule has 2 rings (SSSR count). The lowest BCUT2D eigenvalue weighted by Crippen LogP contribution is -2.20. The normalized spacial score (nSPS) is 20.2. The standard InChI is InChI=1S/C13H21N3S/c1-2-5-11-8-13(16-10-15-11)14-9-12-6-3-4-7-17-12/h8,10,12H,2-7,9H2,1H3,(H,14,15,16). The van der Waals surface area contributed by atoms with Crippen LogP contribution in [0.1, 0.15) is 38.3 Å². The molecule has 0 aliphatic carbocycles. The summed E-state index contributed by atoms with van der Waals surface area (Å²) >= 11 is 2.09. The quantitative estimate of drug-likeness (QED) is 0.872. The van der Waals surface area contributed by atoms with E-state index in [2.05, 4.69) is 40.0 Å². The molecule has 0 aromatic carbocycles. The molecule has 0 radical (unpaired) electrons. The van der Waals surface area contributed by atoms with E-state index in [0.717, 1.165) is 36.1 Å². The number of rotatable bonds is 5. The van der Waals surface area contributed by atoms with Crippen molar-refractivity contribution >= 4 is 17.6 Å². The third-order valence-electron chi connectivity index (χ3n) is 3.01. The Balaban J connectivity index is 1.83. The van der Waals surface area contributed by atoms with E-state index in [9.17, 15) is 0 Å². The topological polar surface area (TPSA) is 37.8 Å². The molecule has 94 valence electrons. The second-order valence-electron chi connectivity index (χ2n) is 4.51. The fourth-order valence-electron chi connectivity index (χ4n) is 2.07. The van der Waals surface area contributed by atoms with E-state index in [-0.39, 0.29) is 0 Å². The van der Waals surface area contributed by atoms with Crippen LogP contribution in [0.5, 0.6) is 0 Å². The summed E-state index contributed by atoms with van der Waals surface area (Å²) < 4.78 is 0. The highest BCUT2D eigenvalue weighted by Crippen LogP contribution is 2.25. The molecule has 1 aromatic heterocycles. The maximum Gasteiger partial charge on any atom is 0.129 e. The van der Waals surface area contributed by atoms with Crippen molar-refractivity contribution in [3.05, 3.63) is 18.1 Å². The summed E-state index contributed by atoms with van der Waals surface area (Å²) in [5.41, 5.74) is 1.14. The third-order valence-corrected chi connectivity index (χ3v) is 4.41. The van der Waals surface area contributed by atoms with Crippen molar-refractivity contribution in [1.82, 2.24) is 9.97 Å². The summed E-state index contributed by atoms with van der Waals surface area (Å²) in [4.78, 5) is 8.54. The zero-order valence-electron chi connectivity index (χ0n) is 10.5. The Bertz CT molecular complexity index is 337. The molecule has 1 aromatic rings. The monoisotopic (exact) mass is 251 g/mol. The second kappa shape index (κ2) is 6.84. The molecule has 17 heavy (non-hydrogen) atoms. The molecular weight excluding hydrogens is 230 g/mol. The molecule has 3 nitrogen and oxygen atoms in total. The van der Waals surface area contributed by atoms with E-state index < -0.39 is 0 Å². The molecule has 1 aliphatic rings. The maximum absolute atomic E-state index is 4.27. The van der Waals surface area contributed by atoms with Crippen LogP contribution in [0.2, 0.25) is 0 Å². The van der Waals surface area contributed by atoms with Crippen molar-refractivity contribution < 1.29 is 0 Å². The smallest absolute Gasteiger partial charge is 0.129 e. The van der Waals surface area contributed by atoms with Gasteiger partial charge in [0.05, 0.1) is 0 Å². The third kappa shape index (κ3) is 4.19. The van der Waals surface area contributed by atoms with E-state index in [1.165, 1.54) is 25.0 Å². The highest BCUT2D eigenvalue weighted by Gasteiger charge is 2.13. The average Bonchev–Trinajstić information content (AvgIpc) is 2.39. The molecular formula is C13H21N3S. The van der Waals surface area contributed by atoms with Gasteiger partial charge in [-0.05, 0) is 25.0 Å². The van der Waals surface area contributed by atoms with Crippen molar-refractivity contribution in [2.24, 2.45) is 0 Å². The van der Waals surface area contributed by atoms with E-state index in [4.69, 9.17) is 0 Å². The first-order valence-electron chi connectivity index (χ1n) is 6.55. The van der Waals surface area contributed by atoms with Crippen LogP contribution < -0.4 is 5.32 Å². The summed E-state index contributed by atoms with van der Waals surface area (Å²) in [6.45, 7) is 3.21. The van der Waals surface area contributed by atoms with Gasteiger partial charge in [-0.3, -0.25) is 0 Å². The van der Waals surface area contributed by atoms with Crippen molar-refractivity contribution in [2.45, 2.75) is 44.3 Å². The van der Waals surface area contributed by atoms with Gasteiger partial charge in [-0.2, -0.15) is 11.8 Å². The van der Waals surface area contributed by atoms with Gasteiger partial charge in [0, 0.05) is 23.6 Å². The lowest BCUT2D eigenvalue weighted by Gasteiger charge is -2.21. The zero-order valence-corrected chi connectivity index (χ0v) is 11.3. The van der Waals surface area contributed by atoms with Crippen LogP contribution in [0.15, 0.2) is 12.4 Å². The van der Waals surface area contributed by atoms with Gasteiger partial charge in [0.1, 0.15) is 12.1 Å². The molecule has 2 heterocycles. The minimum Gasteiger partial charge on any atom is -0.369 e. The van der Waals surface area contributed by atoms with Gasteiger partial charge < -0.3 is 5.32 Å². The van der Waals surface area contributed by atoms with Gasteiger partial charge in [-0.15, -0.1) is 0 Å². The van der Waals surface area contributed by atoms with Gasteiger partial charge in [-0.25, -0.2) is 9.97 Å². The Hall–Kier alpha value is -0.770. The lowest BCUT2D eigenvalue weighted by molar-refractivity contribution is 0.676. The molecule has 0 saturated carbocycles. The van der Waals surface area contributed by atoms with Crippen LogP contribution in [0.4, 0.5) is 5.82 Å². The average molecular weight is 251 g/mol. The fraction of sp³-hybridized carbons (Fsp3) is 0.692. The zero-order chi connectivity index (χ0) is 11.9. The molecule has 0 bridgehead atoms. The first-order chi connectivity index (χ1) is 8.38. The summed E-state index contributed by atoms with van der Waals surface area (Å²) in [6, 6.07) is 2.08. The van der Waals surface area contributed by atoms with Crippen molar-refractivity contribution in [3.63, 3.8) is 0 Å². The molecule has 1 saturated heterocycles. The highest BCUT2D eigenvalue weighted by molar-refractivity contribution is 7.99. The maximum atomic E-state index is 4.27. The van der Waals surface area contributed by atoms with Gasteiger partial charge in [0.15, 0.2) is 0 Å². The number of thioether (sulfide) groups is 1. The lowest BCUT2D eigenvalue weighted by atomic mass is 10.2. The number of hydrogen-bond acceptors (Lipinski definition) is 4. The van der Waals surface area contributed by atoms with Crippen LogP contribution >= 0.6 is 11.8 Å². The Morgan fingerprint density at radius 1 is 1.41 bits per heavy atom. The second-order valence-corrected chi connectivity index (χ2v) is 5.92. The minimum absolute atomic E-state index is 0.758. The van der Waals surface area contributed by atoms with Crippen LogP contribution in [-0.2, 0) is 6.42 Å². The summed E-state index contributed by atoms with van der Waals surface area (Å²) in [6.07, 6.45) is 7.94. The Morgan fingerprint density at radius 2 is 2.35 bits per heavy atom. The van der Waals surface area contributed by atoms with E-state index >= 15 is 0 Å². The summed E-state index contributed by atoms with van der Waals surface area (Å²) in [5, 5.41) is 4.20. The van der Waals surface area contributed by atoms with Gasteiger partial charge >= 0.3 is 0 Å². The molecule has 1 aliphatic heterocycles. The molecule has 0 spiro atoms. The largest absolute Gasteiger partial charge is 0.369 e.